The topological polar surface area (TPSA) is 100 Å². The fourth-order valence-corrected chi connectivity index (χ4v) is 2.74. The molecule has 1 fully saturated rings. The molecule has 7 heteroatoms. The summed E-state index contributed by atoms with van der Waals surface area (Å²) >= 11 is 0. The molecule has 0 bridgehead atoms. The van der Waals surface area contributed by atoms with Crippen LogP contribution in [0.3, 0.4) is 0 Å². The van der Waals surface area contributed by atoms with Crippen LogP contribution in [0.1, 0.15) is 38.2 Å². The van der Waals surface area contributed by atoms with E-state index >= 15 is 0 Å². The highest BCUT2D eigenvalue weighted by Crippen LogP contribution is 2.27. The summed E-state index contributed by atoms with van der Waals surface area (Å²) in [5, 5.41) is 14.4. The van der Waals surface area contributed by atoms with Crippen molar-refractivity contribution in [2.45, 2.75) is 44.7 Å². The van der Waals surface area contributed by atoms with E-state index in [-0.39, 0.29) is 18.6 Å². The normalized spacial score (nSPS) is 15.1. The van der Waals surface area contributed by atoms with E-state index in [2.05, 4.69) is 10.6 Å². The van der Waals surface area contributed by atoms with Gasteiger partial charge in [0.25, 0.3) is 5.91 Å². The summed E-state index contributed by atoms with van der Waals surface area (Å²) in [6.45, 7) is 1.40. The number of nitriles is 1. The van der Waals surface area contributed by atoms with E-state index in [0.717, 1.165) is 25.7 Å². The third kappa shape index (κ3) is 5.38. The van der Waals surface area contributed by atoms with Crippen molar-refractivity contribution in [2.75, 3.05) is 13.7 Å². The summed E-state index contributed by atoms with van der Waals surface area (Å²) in [6.07, 6.45) is 4.25. The molecule has 1 aliphatic rings. The Balaban J connectivity index is 1.81. The molecule has 0 aliphatic heterocycles. The number of rotatable bonds is 7. The number of amides is 2. The third-order valence-corrected chi connectivity index (χ3v) is 4.12. The van der Waals surface area contributed by atoms with Gasteiger partial charge in [0.05, 0.1) is 18.7 Å². The number of carbonyl (C=O) groups is 2. The Labute approximate surface area is 147 Å². The van der Waals surface area contributed by atoms with Crippen molar-refractivity contribution < 1.29 is 19.1 Å². The molecule has 1 saturated carbocycles. The SMILES string of the molecule is COc1cc(C#N)ccc1OCC(=O)N[C@H](C)C(=O)NC1CCCC1. The van der Waals surface area contributed by atoms with E-state index in [1.165, 1.54) is 13.2 Å². The van der Waals surface area contributed by atoms with Gasteiger partial charge < -0.3 is 20.1 Å². The maximum Gasteiger partial charge on any atom is 0.258 e. The molecule has 134 valence electrons. The number of hydrogen-bond acceptors (Lipinski definition) is 5. The first kappa shape index (κ1) is 18.6. The van der Waals surface area contributed by atoms with E-state index in [0.29, 0.717) is 17.1 Å². The molecule has 0 unspecified atom stereocenters. The van der Waals surface area contributed by atoms with Crippen LogP contribution < -0.4 is 20.1 Å². The lowest BCUT2D eigenvalue weighted by molar-refractivity contribution is -0.130. The molecule has 2 N–H and O–H groups in total. The summed E-state index contributed by atoms with van der Waals surface area (Å²) in [7, 11) is 1.46. The highest BCUT2D eigenvalue weighted by Gasteiger charge is 2.21. The number of methoxy groups -OCH3 is 1. The molecule has 1 atom stereocenters. The van der Waals surface area contributed by atoms with Crippen LogP contribution in [0, 0.1) is 11.3 Å². The molecule has 0 heterocycles. The molecule has 1 aromatic carbocycles. The first-order valence-electron chi connectivity index (χ1n) is 8.34. The maximum absolute atomic E-state index is 12.1. The van der Waals surface area contributed by atoms with Crippen LogP contribution in [0.4, 0.5) is 0 Å². The summed E-state index contributed by atoms with van der Waals surface area (Å²) in [6, 6.07) is 6.27. The van der Waals surface area contributed by atoms with Gasteiger partial charge in [0.15, 0.2) is 18.1 Å². The molecule has 1 aliphatic carbocycles. The quantitative estimate of drug-likeness (QED) is 0.780. The Kier molecular flexibility index (Phi) is 6.63. The monoisotopic (exact) mass is 345 g/mol. The first-order valence-corrected chi connectivity index (χ1v) is 8.34. The molecule has 25 heavy (non-hydrogen) atoms. The van der Waals surface area contributed by atoms with Gasteiger partial charge >= 0.3 is 0 Å². The van der Waals surface area contributed by atoms with Crippen molar-refractivity contribution in [3.63, 3.8) is 0 Å². The lowest BCUT2D eigenvalue weighted by Gasteiger charge is -2.18. The van der Waals surface area contributed by atoms with Crippen LogP contribution in [0.15, 0.2) is 18.2 Å². The van der Waals surface area contributed by atoms with Gasteiger partial charge in [0.1, 0.15) is 6.04 Å². The smallest absolute Gasteiger partial charge is 0.258 e. The van der Waals surface area contributed by atoms with Gasteiger partial charge in [-0.25, -0.2) is 0 Å². The Morgan fingerprint density at radius 1 is 1.32 bits per heavy atom. The van der Waals surface area contributed by atoms with Gasteiger partial charge in [-0.1, -0.05) is 12.8 Å². The number of hydrogen-bond donors (Lipinski definition) is 2. The molecule has 0 saturated heterocycles. The largest absolute Gasteiger partial charge is 0.493 e. The van der Waals surface area contributed by atoms with Gasteiger partial charge in [0.2, 0.25) is 5.91 Å². The first-order chi connectivity index (χ1) is 12.0. The zero-order valence-corrected chi connectivity index (χ0v) is 14.5. The van der Waals surface area contributed by atoms with Gasteiger partial charge in [-0.3, -0.25) is 9.59 Å². The van der Waals surface area contributed by atoms with E-state index in [1.54, 1.807) is 19.1 Å². The Hall–Kier alpha value is -2.75. The van der Waals surface area contributed by atoms with Crippen molar-refractivity contribution in [1.29, 1.82) is 5.26 Å². The second-order valence-electron chi connectivity index (χ2n) is 6.05. The zero-order chi connectivity index (χ0) is 18.2. The molecule has 7 nitrogen and oxygen atoms in total. The van der Waals surface area contributed by atoms with E-state index in [4.69, 9.17) is 14.7 Å². The standard InChI is InChI=1S/C18H23N3O4/c1-12(18(23)21-14-5-3-4-6-14)20-17(22)11-25-15-8-7-13(10-19)9-16(15)24-2/h7-9,12,14H,3-6,11H2,1-2H3,(H,20,22)(H,21,23)/t12-/m1/s1. The zero-order valence-electron chi connectivity index (χ0n) is 14.5. The minimum Gasteiger partial charge on any atom is -0.493 e. The van der Waals surface area contributed by atoms with Gasteiger partial charge in [-0.05, 0) is 31.9 Å². The van der Waals surface area contributed by atoms with Crippen LogP contribution in [0.2, 0.25) is 0 Å². The number of nitrogens with one attached hydrogen (secondary N) is 2. The summed E-state index contributed by atoms with van der Waals surface area (Å²) < 4.78 is 10.6. The highest BCUT2D eigenvalue weighted by molar-refractivity contribution is 5.88. The van der Waals surface area contributed by atoms with Crippen molar-refractivity contribution in [3.05, 3.63) is 23.8 Å². The predicted molar refractivity (Wildman–Crippen MR) is 91.2 cm³/mol. The van der Waals surface area contributed by atoms with Crippen LogP contribution >= 0.6 is 0 Å². The van der Waals surface area contributed by atoms with E-state index < -0.39 is 11.9 Å². The van der Waals surface area contributed by atoms with Crippen molar-refractivity contribution in [2.24, 2.45) is 0 Å². The van der Waals surface area contributed by atoms with Crippen LogP contribution in [-0.4, -0.2) is 37.6 Å². The molecule has 2 rings (SSSR count). The minimum absolute atomic E-state index is 0.184. The molecule has 1 aromatic rings. The van der Waals surface area contributed by atoms with Gasteiger partial charge in [-0.2, -0.15) is 5.26 Å². The molecular weight excluding hydrogens is 322 g/mol. The Bertz CT molecular complexity index is 663. The number of carbonyl (C=O) groups excluding carboxylic acids is 2. The van der Waals surface area contributed by atoms with Crippen molar-refractivity contribution in [3.8, 4) is 17.6 Å². The van der Waals surface area contributed by atoms with Gasteiger partial charge in [-0.15, -0.1) is 0 Å². The number of ether oxygens (including phenoxy) is 2. The van der Waals surface area contributed by atoms with E-state index in [1.807, 2.05) is 6.07 Å². The number of nitrogens with zero attached hydrogens (tertiary/aromatic N) is 1. The minimum atomic E-state index is -0.625. The average Bonchev–Trinajstić information content (AvgIpc) is 3.12. The van der Waals surface area contributed by atoms with Gasteiger partial charge in [0, 0.05) is 12.1 Å². The summed E-state index contributed by atoms with van der Waals surface area (Å²) in [4.78, 5) is 24.0. The lowest BCUT2D eigenvalue weighted by atomic mass is 10.2. The van der Waals surface area contributed by atoms with Crippen molar-refractivity contribution >= 4 is 11.8 Å². The lowest BCUT2D eigenvalue weighted by Crippen LogP contribution is -2.48. The molecule has 0 radical (unpaired) electrons. The second-order valence-corrected chi connectivity index (χ2v) is 6.05. The highest BCUT2D eigenvalue weighted by atomic mass is 16.5. The van der Waals surface area contributed by atoms with Crippen LogP contribution in [0.25, 0.3) is 0 Å². The van der Waals surface area contributed by atoms with Crippen molar-refractivity contribution in [1.82, 2.24) is 10.6 Å². The summed E-state index contributed by atoms with van der Waals surface area (Å²) in [5.74, 6) is 0.148. The average molecular weight is 345 g/mol. The molecule has 0 spiro atoms. The summed E-state index contributed by atoms with van der Waals surface area (Å²) in [5.41, 5.74) is 0.436. The fraction of sp³-hybridized carbons (Fsp3) is 0.500. The van der Waals surface area contributed by atoms with Crippen LogP contribution in [-0.2, 0) is 9.59 Å². The molecular formula is C18H23N3O4. The Morgan fingerprint density at radius 2 is 2.04 bits per heavy atom. The predicted octanol–water partition coefficient (Wildman–Crippen LogP) is 1.51. The second kappa shape index (κ2) is 8.92. The molecule has 2 amide bonds. The fourth-order valence-electron chi connectivity index (χ4n) is 2.74. The number of benzene rings is 1. The maximum atomic E-state index is 12.1. The Morgan fingerprint density at radius 3 is 2.68 bits per heavy atom. The van der Waals surface area contributed by atoms with Crippen LogP contribution in [0.5, 0.6) is 11.5 Å². The molecule has 0 aromatic heterocycles. The van der Waals surface area contributed by atoms with E-state index in [9.17, 15) is 9.59 Å². The third-order valence-electron chi connectivity index (χ3n) is 4.12.